The summed E-state index contributed by atoms with van der Waals surface area (Å²) in [5.74, 6) is -0.182. The van der Waals surface area contributed by atoms with Crippen molar-refractivity contribution in [2.24, 2.45) is 0 Å². The molecule has 0 atom stereocenters. The van der Waals surface area contributed by atoms with Crippen LogP contribution in [-0.4, -0.2) is 29.9 Å². The lowest BCUT2D eigenvalue weighted by Gasteiger charge is -2.12. The molecule has 5 nitrogen and oxygen atoms in total. The quantitative estimate of drug-likeness (QED) is 0.655. The Labute approximate surface area is 177 Å². The standard InChI is InChI=1S/C25H29N3O2/c1-16-6-9-21(20-10-7-19(8-11-20)15-28(4)5)13-22(16)24(29)26-14-23-17(2)12-18(3)27-25(23)30/h6-13H,14-15H2,1-5H3,(H,26,29)(H,27,30). The van der Waals surface area contributed by atoms with Gasteiger partial charge in [-0.1, -0.05) is 36.4 Å². The summed E-state index contributed by atoms with van der Waals surface area (Å²) in [6, 6.07) is 16.2. The van der Waals surface area contributed by atoms with Crippen LogP contribution in [0.3, 0.4) is 0 Å². The summed E-state index contributed by atoms with van der Waals surface area (Å²) in [6.45, 7) is 6.74. The van der Waals surface area contributed by atoms with Crippen molar-refractivity contribution in [1.29, 1.82) is 0 Å². The van der Waals surface area contributed by atoms with Crippen LogP contribution in [0.5, 0.6) is 0 Å². The molecule has 0 unspecified atom stereocenters. The largest absolute Gasteiger partial charge is 0.348 e. The van der Waals surface area contributed by atoms with Gasteiger partial charge < -0.3 is 15.2 Å². The van der Waals surface area contributed by atoms with E-state index in [1.165, 1.54) is 5.56 Å². The Morgan fingerprint density at radius 3 is 2.23 bits per heavy atom. The van der Waals surface area contributed by atoms with Crippen molar-refractivity contribution in [3.63, 3.8) is 0 Å². The van der Waals surface area contributed by atoms with Gasteiger partial charge in [-0.2, -0.15) is 0 Å². The number of amides is 1. The predicted molar refractivity (Wildman–Crippen MR) is 122 cm³/mol. The highest BCUT2D eigenvalue weighted by Gasteiger charge is 2.13. The Kier molecular flexibility index (Phi) is 6.53. The Balaban J connectivity index is 1.79. The van der Waals surface area contributed by atoms with Crippen LogP contribution in [0.4, 0.5) is 0 Å². The smallest absolute Gasteiger partial charge is 0.253 e. The fourth-order valence-electron chi connectivity index (χ4n) is 3.58. The van der Waals surface area contributed by atoms with E-state index < -0.39 is 0 Å². The summed E-state index contributed by atoms with van der Waals surface area (Å²) in [5.41, 5.74) is 6.93. The summed E-state index contributed by atoms with van der Waals surface area (Å²) in [4.78, 5) is 30.0. The normalized spacial score (nSPS) is 11.0. The summed E-state index contributed by atoms with van der Waals surface area (Å²) in [6.07, 6.45) is 0. The first-order valence-electron chi connectivity index (χ1n) is 10.1. The van der Waals surface area contributed by atoms with Crippen molar-refractivity contribution in [1.82, 2.24) is 15.2 Å². The van der Waals surface area contributed by atoms with Crippen LogP contribution in [0.25, 0.3) is 11.1 Å². The van der Waals surface area contributed by atoms with Crippen molar-refractivity contribution < 1.29 is 4.79 Å². The molecule has 0 spiro atoms. The van der Waals surface area contributed by atoms with E-state index in [2.05, 4.69) is 39.5 Å². The molecule has 1 aromatic heterocycles. The first-order chi connectivity index (χ1) is 14.2. The molecule has 2 aromatic carbocycles. The lowest BCUT2D eigenvalue weighted by atomic mass is 9.98. The van der Waals surface area contributed by atoms with Gasteiger partial charge in [0.2, 0.25) is 0 Å². The van der Waals surface area contributed by atoms with Crippen molar-refractivity contribution in [2.45, 2.75) is 33.9 Å². The summed E-state index contributed by atoms with van der Waals surface area (Å²) in [5, 5.41) is 2.90. The number of benzene rings is 2. The van der Waals surface area contributed by atoms with E-state index in [1.807, 2.05) is 59.1 Å². The van der Waals surface area contributed by atoms with Gasteiger partial charge in [-0.3, -0.25) is 9.59 Å². The number of nitrogens with one attached hydrogen (secondary N) is 2. The molecule has 0 aliphatic rings. The van der Waals surface area contributed by atoms with Crippen LogP contribution in [0.15, 0.2) is 53.3 Å². The molecule has 1 amide bonds. The fraction of sp³-hybridized carbons (Fsp3) is 0.280. The highest BCUT2D eigenvalue weighted by Crippen LogP contribution is 2.23. The number of carbonyl (C=O) groups excluding carboxylic acids is 1. The molecule has 0 aliphatic heterocycles. The van der Waals surface area contributed by atoms with Crippen molar-refractivity contribution in [3.05, 3.63) is 92.4 Å². The van der Waals surface area contributed by atoms with E-state index in [4.69, 9.17) is 0 Å². The third-order valence-electron chi connectivity index (χ3n) is 5.19. The zero-order chi connectivity index (χ0) is 21.8. The lowest BCUT2D eigenvalue weighted by molar-refractivity contribution is 0.0950. The number of carbonyl (C=O) groups is 1. The Morgan fingerprint density at radius 1 is 0.933 bits per heavy atom. The maximum Gasteiger partial charge on any atom is 0.253 e. The number of nitrogens with zero attached hydrogens (tertiary/aromatic N) is 1. The minimum Gasteiger partial charge on any atom is -0.348 e. The monoisotopic (exact) mass is 403 g/mol. The van der Waals surface area contributed by atoms with E-state index in [0.717, 1.165) is 34.5 Å². The fourth-order valence-corrected chi connectivity index (χ4v) is 3.58. The second kappa shape index (κ2) is 9.09. The lowest BCUT2D eigenvalue weighted by Crippen LogP contribution is -2.28. The topological polar surface area (TPSA) is 65.2 Å². The second-order valence-corrected chi connectivity index (χ2v) is 8.09. The molecule has 156 valence electrons. The summed E-state index contributed by atoms with van der Waals surface area (Å²) < 4.78 is 0. The van der Waals surface area contributed by atoms with Crippen LogP contribution < -0.4 is 10.9 Å². The molecule has 30 heavy (non-hydrogen) atoms. The number of aromatic nitrogens is 1. The van der Waals surface area contributed by atoms with Gasteiger partial charge in [-0.05, 0) is 74.8 Å². The molecule has 1 heterocycles. The van der Waals surface area contributed by atoms with Gasteiger partial charge in [0.15, 0.2) is 0 Å². The molecule has 3 rings (SSSR count). The minimum absolute atomic E-state index is 0.156. The zero-order valence-corrected chi connectivity index (χ0v) is 18.3. The summed E-state index contributed by atoms with van der Waals surface area (Å²) in [7, 11) is 4.09. The number of aryl methyl sites for hydroxylation is 3. The molecular weight excluding hydrogens is 374 g/mol. The van der Waals surface area contributed by atoms with Gasteiger partial charge in [0, 0.05) is 29.9 Å². The molecule has 0 fully saturated rings. The first kappa shape index (κ1) is 21.5. The van der Waals surface area contributed by atoms with E-state index >= 15 is 0 Å². The van der Waals surface area contributed by atoms with Crippen LogP contribution >= 0.6 is 0 Å². The maximum atomic E-state index is 12.9. The summed E-state index contributed by atoms with van der Waals surface area (Å²) >= 11 is 0. The molecule has 3 aromatic rings. The Hall–Kier alpha value is -3.18. The average molecular weight is 404 g/mol. The van der Waals surface area contributed by atoms with Crippen molar-refractivity contribution >= 4 is 5.91 Å². The molecule has 0 aliphatic carbocycles. The van der Waals surface area contributed by atoms with E-state index in [1.54, 1.807) is 0 Å². The predicted octanol–water partition coefficient (Wildman–Crippen LogP) is 3.96. The molecule has 2 N–H and O–H groups in total. The Morgan fingerprint density at radius 2 is 1.60 bits per heavy atom. The molecule has 0 radical (unpaired) electrons. The van der Waals surface area contributed by atoms with Gasteiger partial charge in [-0.15, -0.1) is 0 Å². The van der Waals surface area contributed by atoms with Gasteiger partial charge in [0.05, 0.1) is 0 Å². The first-order valence-corrected chi connectivity index (χ1v) is 10.1. The van der Waals surface area contributed by atoms with Crippen molar-refractivity contribution in [3.8, 4) is 11.1 Å². The van der Waals surface area contributed by atoms with E-state index in [0.29, 0.717) is 11.1 Å². The van der Waals surface area contributed by atoms with Crippen LogP contribution in [0, 0.1) is 20.8 Å². The third kappa shape index (κ3) is 5.05. The maximum absolute atomic E-state index is 12.9. The Bertz CT molecular complexity index is 1110. The van der Waals surface area contributed by atoms with E-state index in [-0.39, 0.29) is 18.0 Å². The number of hydrogen-bond acceptors (Lipinski definition) is 3. The highest BCUT2D eigenvalue weighted by atomic mass is 16.1. The molecule has 5 heteroatoms. The number of rotatable bonds is 6. The number of pyridine rings is 1. The number of hydrogen-bond donors (Lipinski definition) is 2. The third-order valence-corrected chi connectivity index (χ3v) is 5.19. The second-order valence-electron chi connectivity index (χ2n) is 8.09. The number of aromatic amines is 1. The highest BCUT2D eigenvalue weighted by molar-refractivity contribution is 5.96. The molecule has 0 saturated carbocycles. The molecule has 0 bridgehead atoms. The van der Waals surface area contributed by atoms with Crippen LogP contribution in [0.1, 0.15) is 38.3 Å². The van der Waals surface area contributed by atoms with Gasteiger partial charge in [-0.25, -0.2) is 0 Å². The van der Waals surface area contributed by atoms with E-state index in [9.17, 15) is 9.59 Å². The SMILES string of the molecule is Cc1cc(C)c(CNC(=O)c2cc(-c3ccc(CN(C)C)cc3)ccc2C)c(=O)[nH]1. The van der Waals surface area contributed by atoms with Crippen LogP contribution in [0.2, 0.25) is 0 Å². The van der Waals surface area contributed by atoms with Gasteiger partial charge in [0.25, 0.3) is 11.5 Å². The van der Waals surface area contributed by atoms with Crippen molar-refractivity contribution in [2.75, 3.05) is 14.1 Å². The molecule has 0 saturated heterocycles. The average Bonchev–Trinajstić information content (AvgIpc) is 2.67. The molecular formula is C25H29N3O2. The van der Waals surface area contributed by atoms with Gasteiger partial charge in [0.1, 0.15) is 0 Å². The minimum atomic E-state index is -0.182. The zero-order valence-electron chi connectivity index (χ0n) is 18.3. The number of H-pyrrole nitrogens is 1. The van der Waals surface area contributed by atoms with Gasteiger partial charge >= 0.3 is 0 Å². The van der Waals surface area contributed by atoms with Crippen LogP contribution in [-0.2, 0) is 13.1 Å².